The number of hydrogen-bond acceptors (Lipinski definition) is 1. The van der Waals surface area contributed by atoms with Gasteiger partial charge in [-0.2, -0.15) is 0 Å². The van der Waals surface area contributed by atoms with Gasteiger partial charge in [0.2, 0.25) is 0 Å². The molecule has 1 heteroatoms. The summed E-state index contributed by atoms with van der Waals surface area (Å²) in [6.07, 6.45) is 7.06. The molecule has 1 aliphatic carbocycles. The molecule has 100 valence electrons. The van der Waals surface area contributed by atoms with Crippen LogP contribution < -0.4 is 5.32 Å². The number of hydrogen-bond donors (Lipinski definition) is 1. The minimum Gasteiger partial charge on any atom is -0.312 e. The Hall–Kier alpha value is -0.820. The van der Waals surface area contributed by atoms with E-state index >= 15 is 0 Å². The SMILES string of the molecule is Cc1ccc(C)c(CNCC2(C)CCCCC2)c1. The summed E-state index contributed by atoms with van der Waals surface area (Å²) in [5.74, 6) is 0. The van der Waals surface area contributed by atoms with Crippen molar-refractivity contribution in [1.29, 1.82) is 0 Å². The fourth-order valence-corrected chi connectivity index (χ4v) is 3.07. The standard InChI is InChI=1S/C17H27N/c1-14-7-8-15(2)16(11-14)12-18-13-17(3)9-5-4-6-10-17/h7-8,11,18H,4-6,9-10,12-13H2,1-3H3. The zero-order valence-corrected chi connectivity index (χ0v) is 12.2. The van der Waals surface area contributed by atoms with Crippen LogP contribution in [0.25, 0.3) is 0 Å². The fraction of sp³-hybridized carbons (Fsp3) is 0.647. The minimum atomic E-state index is 0.538. The van der Waals surface area contributed by atoms with E-state index < -0.39 is 0 Å². The highest BCUT2D eigenvalue weighted by Gasteiger charge is 2.25. The number of rotatable bonds is 4. The van der Waals surface area contributed by atoms with Crippen LogP contribution in [0.3, 0.4) is 0 Å². The van der Waals surface area contributed by atoms with Crippen molar-refractivity contribution in [1.82, 2.24) is 5.32 Å². The molecule has 0 aromatic heterocycles. The summed E-state index contributed by atoms with van der Waals surface area (Å²) in [6.45, 7) is 9.01. The van der Waals surface area contributed by atoms with E-state index in [4.69, 9.17) is 0 Å². The van der Waals surface area contributed by atoms with Crippen molar-refractivity contribution in [3.63, 3.8) is 0 Å². The first-order valence-corrected chi connectivity index (χ1v) is 7.36. The third-order valence-corrected chi connectivity index (χ3v) is 4.43. The largest absolute Gasteiger partial charge is 0.312 e. The lowest BCUT2D eigenvalue weighted by molar-refractivity contribution is 0.207. The highest BCUT2D eigenvalue weighted by molar-refractivity contribution is 5.30. The van der Waals surface area contributed by atoms with Gasteiger partial charge in [-0.3, -0.25) is 0 Å². The van der Waals surface area contributed by atoms with E-state index in [1.54, 1.807) is 0 Å². The third kappa shape index (κ3) is 3.58. The van der Waals surface area contributed by atoms with Crippen LogP contribution in [-0.4, -0.2) is 6.54 Å². The molecule has 0 heterocycles. The molecule has 1 aromatic carbocycles. The number of nitrogens with one attached hydrogen (secondary N) is 1. The summed E-state index contributed by atoms with van der Waals surface area (Å²) < 4.78 is 0. The Morgan fingerprint density at radius 2 is 1.83 bits per heavy atom. The molecular formula is C17H27N. The Bertz CT molecular complexity index is 389. The van der Waals surface area contributed by atoms with Crippen LogP contribution in [0.2, 0.25) is 0 Å². The average molecular weight is 245 g/mol. The van der Waals surface area contributed by atoms with Gasteiger partial charge in [-0.25, -0.2) is 0 Å². The second kappa shape index (κ2) is 5.88. The van der Waals surface area contributed by atoms with Gasteiger partial charge in [-0.05, 0) is 43.2 Å². The molecular weight excluding hydrogens is 218 g/mol. The van der Waals surface area contributed by atoms with Crippen LogP contribution in [0.15, 0.2) is 18.2 Å². The van der Waals surface area contributed by atoms with E-state index in [1.165, 1.54) is 55.3 Å². The molecule has 0 aliphatic heterocycles. The predicted octanol–water partition coefficient (Wildman–Crippen LogP) is 4.36. The average Bonchev–Trinajstić information content (AvgIpc) is 2.34. The van der Waals surface area contributed by atoms with Gasteiger partial charge >= 0.3 is 0 Å². The van der Waals surface area contributed by atoms with Gasteiger partial charge in [-0.1, -0.05) is 49.9 Å². The summed E-state index contributed by atoms with van der Waals surface area (Å²) in [7, 11) is 0. The molecule has 0 radical (unpaired) electrons. The van der Waals surface area contributed by atoms with Gasteiger partial charge in [0.15, 0.2) is 0 Å². The maximum absolute atomic E-state index is 3.68. The smallest absolute Gasteiger partial charge is 0.0208 e. The molecule has 0 saturated heterocycles. The number of aryl methyl sites for hydroxylation is 2. The van der Waals surface area contributed by atoms with Crippen molar-refractivity contribution in [2.75, 3.05) is 6.54 Å². The van der Waals surface area contributed by atoms with Crippen molar-refractivity contribution in [3.05, 3.63) is 34.9 Å². The Morgan fingerprint density at radius 3 is 2.56 bits per heavy atom. The molecule has 1 saturated carbocycles. The van der Waals surface area contributed by atoms with E-state index in [2.05, 4.69) is 44.3 Å². The third-order valence-electron chi connectivity index (χ3n) is 4.43. The van der Waals surface area contributed by atoms with E-state index in [1.807, 2.05) is 0 Å². The van der Waals surface area contributed by atoms with Crippen molar-refractivity contribution < 1.29 is 0 Å². The van der Waals surface area contributed by atoms with Crippen LogP contribution in [-0.2, 0) is 6.54 Å². The van der Waals surface area contributed by atoms with Gasteiger partial charge in [-0.15, -0.1) is 0 Å². The van der Waals surface area contributed by atoms with Crippen LogP contribution in [0.1, 0.15) is 55.7 Å². The molecule has 18 heavy (non-hydrogen) atoms. The summed E-state index contributed by atoms with van der Waals surface area (Å²) >= 11 is 0. The van der Waals surface area contributed by atoms with E-state index in [-0.39, 0.29) is 0 Å². The molecule has 1 fully saturated rings. The lowest BCUT2D eigenvalue weighted by Gasteiger charge is -2.33. The highest BCUT2D eigenvalue weighted by atomic mass is 14.9. The van der Waals surface area contributed by atoms with Gasteiger partial charge in [0.1, 0.15) is 0 Å². The molecule has 1 nitrogen and oxygen atoms in total. The highest BCUT2D eigenvalue weighted by Crippen LogP contribution is 2.34. The molecule has 0 spiro atoms. The summed E-state index contributed by atoms with van der Waals surface area (Å²) in [5.41, 5.74) is 4.76. The maximum atomic E-state index is 3.68. The molecule has 1 N–H and O–H groups in total. The Kier molecular flexibility index (Phi) is 4.45. The molecule has 2 rings (SSSR count). The van der Waals surface area contributed by atoms with Gasteiger partial charge in [0.25, 0.3) is 0 Å². The van der Waals surface area contributed by atoms with Gasteiger partial charge in [0, 0.05) is 13.1 Å². The van der Waals surface area contributed by atoms with Gasteiger partial charge < -0.3 is 5.32 Å². The van der Waals surface area contributed by atoms with Crippen molar-refractivity contribution >= 4 is 0 Å². The first-order valence-electron chi connectivity index (χ1n) is 7.36. The monoisotopic (exact) mass is 245 g/mol. The van der Waals surface area contributed by atoms with Crippen LogP contribution >= 0.6 is 0 Å². The zero-order chi connectivity index (χ0) is 13.0. The normalized spacial score (nSPS) is 18.8. The maximum Gasteiger partial charge on any atom is 0.0208 e. The number of benzene rings is 1. The van der Waals surface area contributed by atoms with E-state index in [0.717, 1.165) is 6.54 Å². The van der Waals surface area contributed by atoms with Crippen LogP contribution in [0, 0.1) is 19.3 Å². The Morgan fingerprint density at radius 1 is 1.11 bits per heavy atom. The molecule has 0 atom stereocenters. The molecule has 0 unspecified atom stereocenters. The van der Waals surface area contributed by atoms with Crippen molar-refractivity contribution in [2.24, 2.45) is 5.41 Å². The summed E-state index contributed by atoms with van der Waals surface area (Å²) in [4.78, 5) is 0. The Balaban J connectivity index is 1.86. The van der Waals surface area contributed by atoms with Crippen LogP contribution in [0.4, 0.5) is 0 Å². The van der Waals surface area contributed by atoms with Crippen molar-refractivity contribution in [2.45, 2.75) is 59.4 Å². The summed E-state index contributed by atoms with van der Waals surface area (Å²) in [5, 5.41) is 3.68. The van der Waals surface area contributed by atoms with E-state index in [0.29, 0.717) is 5.41 Å². The molecule has 1 aromatic rings. The lowest BCUT2D eigenvalue weighted by Crippen LogP contribution is -2.33. The summed E-state index contributed by atoms with van der Waals surface area (Å²) in [6, 6.07) is 6.74. The van der Waals surface area contributed by atoms with Gasteiger partial charge in [0.05, 0.1) is 0 Å². The van der Waals surface area contributed by atoms with E-state index in [9.17, 15) is 0 Å². The first kappa shape index (κ1) is 13.6. The second-order valence-electron chi connectivity index (χ2n) is 6.40. The molecule has 0 bridgehead atoms. The predicted molar refractivity (Wildman–Crippen MR) is 78.8 cm³/mol. The molecule has 0 amide bonds. The fourth-order valence-electron chi connectivity index (χ4n) is 3.07. The topological polar surface area (TPSA) is 12.0 Å². The minimum absolute atomic E-state index is 0.538. The Labute approximate surface area is 112 Å². The first-order chi connectivity index (χ1) is 8.59. The second-order valence-corrected chi connectivity index (χ2v) is 6.40. The lowest BCUT2D eigenvalue weighted by atomic mass is 9.76. The van der Waals surface area contributed by atoms with Crippen LogP contribution in [0.5, 0.6) is 0 Å². The quantitative estimate of drug-likeness (QED) is 0.831. The molecule has 1 aliphatic rings. The van der Waals surface area contributed by atoms with Crippen molar-refractivity contribution in [3.8, 4) is 0 Å². The zero-order valence-electron chi connectivity index (χ0n) is 12.2.